The Morgan fingerprint density at radius 3 is 2.66 bits per heavy atom. The Bertz CT molecular complexity index is 875. The number of rotatable bonds is 6. The molecule has 0 aromatic heterocycles. The molecule has 0 aliphatic heterocycles. The molecule has 6 nitrogen and oxygen atoms in total. The monoisotopic (exact) mass is 443 g/mol. The standard InChI is InChI=1S/C26H37NO5/c1-4-5-14-32-23(30)22(27-16-28)21-9-8-19-20-7-6-17-15-18(29)10-11-25(17,3)26(20,31)13-12-24(19,21)2/h15-16,19-20,31H,4-14H2,1-3H3,(H,27,28)/t19-,20-,24-,25-,26+/m0/s1. The minimum Gasteiger partial charge on any atom is -0.461 e. The Hall–Kier alpha value is -1.95. The van der Waals surface area contributed by atoms with E-state index in [9.17, 15) is 19.5 Å². The highest BCUT2D eigenvalue weighted by Crippen LogP contribution is 2.68. The third-order valence-electron chi connectivity index (χ3n) is 9.37. The van der Waals surface area contributed by atoms with Crippen LogP contribution in [0.25, 0.3) is 0 Å². The summed E-state index contributed by atoms with van der Waals surface area (Å²) in [7, 11) is 0. The van der Waals surface area contributed by atoms with Gasteiger partial charge in [0, 0.05) is 11.8 Å². The van der Waals surface area contributed by atoms with Crippen LogP contribution < -0.4 is 5.32 Å². The average Bonchev–Trinajstić information content (AvgIpc) is 3.10. The first-order valence-corrected chi connectivity index (χ1v) is 12.3. The number of amides is 1. The largest absolute Gasteiger partial charge is 0.461 e. The number of esters is 1. The summed E-state index contributed by atoms with van der Waals surface area (Å²) in [6, 6.07) is 0. The van der Waals surface area contributed by atoms with Gasteiger partial charge in [-0.25, -0.2) is 4.79 Å². The first kappa shape index (κ1) is 23.2. The van der Waals surface area contributed by atoms with Crippen LogP contribution in [0.3, 0.4) is 0 Å². The van der Waals surface area contributed by atoms with Crippen LogP contribution in [-0.4, -0.2) is 35.5 Å². The molecule has 3 saturated carbocycles. The molecule has 176 valence electrons. The minimum atomic E-state index is -0.836. The fraction of sp³-hybridized carbons (Fsp3) is 0.731. The Labute approximate surface area is 190 Å². The molecule has 6 heteroatoms. The lowest BCUT2D eigenvalue weighted by Gasteiger charge is -2.62. The molecular formula is C26H37NO5. The summed E-state index contributed by atoms with van der Waals surface area (Å²) in [5.74, 6) is 0.0779. The first-order chi connectivity index (χ1) is 15.2. The number of ether oxygens (including phenoxy) is 1. The van der Waals surface area contributed by atoms with Crippen LogP contribution in [0, 0.1) is 22.7 Å². The van der Waals surface area contributed by atoms with Gasteiger partial charge in [-0.3, -0.25) is 9.59 Å². The Balaban J connectivity index is 1.67. The quantitative estimate of drug-likeness (QED) is 0.280. The van der Waals surface area contributed by atoms with Crippen LogP contribution in [0.4, 0.5) is 0 Å². The third kappa shape index (κ3) is 3.37. The fourth-order valence-corrected chi connectivity index (χ4v) is 7.44. The van der Waals surface area contributed by atoms with E-state index in [1.165, 1.54) is 0 Å². The Morgan fingerprint density at radius 2 is 1.94 bits per heavy atom. The van der Waals surface area contributed by atoms with Gasteiger partial charge in [0.25, 0.3) is 0 Å². The summed E-state index contributed by atoms with van der Waals surface area (Å²) in [5, 5.41) is 14.8. The van der Waals surface area contributed by atoms with E-state index < -0.39 is 11.6 Å². The van der Waals surface area contributed by atoms with E-state index in [-0.39, 0.29) is 28.4 Å². The number of fused-ring (bicyclic) bond motifs is 5. The lowest BCUT2D eigenvalue weighted by Crippen LogP contribution is -2.62. The van der Waals surface area contributed by atoms with Gasteiger partial charge in [0.15, 0.2) is 5.78 Å². The summed E-state index contributed by atoms with van der Waals surface area (Å²) in [5.41, 5.74) is 0.944. The number of hydrogen-bond donors (Lipinski definition) is 2. The van der Waals surface area contributed by atoms with Crippen LogP contribution in [-0.2, 0) is 19.1 Å². The number of ketones is 1. The lowest BCUT2D eigenvalue weighted by molar-refractivity contribution is -0.183. The molecule has 4 aliphatic carbocycles. The van der Waals surface area contributed by atoms with Gasteiger partial charge in [0.2, 0.25) is 6.41 Å². The lowest BCUT2D eigenvalue weighted by atomic mass is 9.45. The van der Waals surface area contributed by atoms with Crippen molar-refractivity contribution in [1.29, 1.82) is 0 Å². The molecule has 4 aliphatic rings. The molecule has 32 heavy (non-hydrogen) atoms. The van der Waals surface area contributed by atoms with Crippen LogP contribution in [0.1, 0.15) is 85.0 Å². The second-order valence-corrected chi connectivity index (χ2v) is 10.7. The highest BCUT2D eigenvalue weighted by atomic mass is 16.5. The van der Waals surface area contributed by atoms with Gasteiger partial charge in [-0.2, -0.15) is 0 Å². The molecule has 0 saturated heterocycles. The van der Waals surface area contributed by atoms with E-state index in [4.69, 9.17) is 4.74 Å². The van der Waals surface area contributed by atoms with Crippen LogP contribution in [0.2, 0.25) is 0 Å². The second kappa shape index (κ2) is 8.44. The molecule has 0 unspecified atom stereocenters. The molecule has 0 aromatic carbocycles. The Kier molecular flexibility index (Phi) is 6.12. The topological polar surface area (TPSA) is 92.7 Å². The molecule has 3 fully saturated rings. The van der Waals surface area contributed by atoms with Crippen molar-refractivity contribution in [2.24, 2.45) is 22.7 Å². The molecule has 4 rings (SSSR count). The second-order valence-electron chi connectivity index (χ2n) is 10.7. The minimum absolute atomic E-state index is 0.114. The highest BCUT2D eigenvalue weighted by molar-refractivity contribution is 5.92. The maximum atomic E-state index is 12.8. The van der Waals surface area contributed by atoms with Crippen molar-refractivity contribution in [1.82, 2.24) is 5.32 Å². The molecule has 0 spiro atoms. The predicted molar refractivity (Wildman–Crippen MR) is 120 cm³/mol. The number of allylic oxidation sites excluding steroid dienone is 1. The highest BCUT2D eigenvalue weighted by Gasteiger charge is 2.65. The smallest absolute Gasteiger partial charge is 0.354 e. The zero-order valence-corrected chi connectivity index (χ0v) is 19.7. The number of aliphatic hydroxyl groups is 1. The summed E-state index contributed by atoms with van der Waals surface area (Å²) >= 11 is 0. The van der Waals surface area contributed by atoms with Crippen LogP contribution in [0.5, 0.6) is 0 Å². The van der Waals surface area contributed by atoms with Gasteiger partial charge in [0.05, 0.1) is 12.2 Å². The van der Waals surface area contributed by atoms with E-state index in [2.05, 4.69) is 19.2 Å². The normalized spacial score (nSPS) is 39.9. The van der Waals surface area contributed by atoms with Gasteiger partial charge >= 0.3 is 5.97 Å². The van der Waals surface area contributed by atoms with Crippen molar-refractivity contribution >= 4 is 18.2 Å². The Morgan fingerprint density at radius 1 is 1.19 bits per heavy atom. The summed E-state index contributed by atoms with van der Waals surface area (Å²) < 4.78 is 5.45. The van der Waals surface area contributed by atoms with Crippen molar-refractivity contribution in [2.75, 3.05) is 6.61 Å². The van der Waals surface area contributed by atoms with Gasteiger partial charge in [-0.1, -0.05) is 32.8 Å². The van der Waals surface area contributed by atoms with Gasteiger partial charge in [0.1, 0.15) is 5.70 Å². The van der Waals surface area contributed by atoms with Crippen LogP contribution >= 0.6 is 0 Å². The number of carbonyl (C=O) groups excluding carboxylic acids is 3. The first-order valence-electron chi connectivity index (χ1n) is 12.3. The van der Waals surface area contributed by atoms with Gasteiger partial charge < -0.3 is 15.2 Å². The molecule has 0 heterocycles. The molecule has 5 atom stereocenters. The fourth-order valence-electron chi connectivity index (χ4n) is 7.44. The maximum Gasteiger partial charge on any atom is 0.354 e. The zero-order chi connectivity index (χ0) is 23.1. The molecule has 0 radical (unpaired) electrons. The van der Waals surface area contributed by atoms with E-state index in [1.54, 1.807) is 6.08 Å². The van der Waals surface area contributed by atoms with E-state index >= 15 is 0 Å². The van der Waals surface area contributed by atoms with Gasteiger partial charge in [-0.05, 0) is 80.3 Å². The van der Waals surface area contributed by atoms with E-state index in [0.717, 1.165) is 56.1 Å². The number of unbranched alkanes of at least 4 members (excludes halogenated alkanes) is 1. The maximum absolute atomic E-state index is 12.8. The molecule has 1 amide bonds. The zero-order valence-electron chi connectivity index (χ0n) is 19.7. The molecular weight excluding hydrogens is 406 g/mol. The average molecular weight is 444 g/mol. The third-order valence-corrected chi connectivity index (χ3v) is 9.37. The summed E-state index contributed by atoms with van der Waals surface area (Å²) in [4.78, 5) is 36.2. The van der Waals surface area contributed by atoms with Gasteiger partial charge in [-0.15, -0.1) is 0 Å². The van der Waals surface area contributed by atoms with Crippen molar-refractivity contribution in [2.45, 2.75) is 90.6 Å². The molecule has 2 N–H and O–H groups in total. The number of nitrogens with one attached hydrogen (secondary N) is 1. The summed E-state index contributed by atoms with van der Waals surface area (Å²) in [6.45, 7) is 6.73. The van der Waals surface area contributed by atoms with Crippen molar-refractivity contribution < 1.29 is 24.2 Å². The predicted octanol–water partition coefficient (Wildman–Crippen LogP) is 3.98. The molecule has 0 bridgehead atoms. The SMILES string of the molecule is CCCCOC(=O)C(NC=O)=C1CC[C@H]2[C@@H]3CCC4=CC(=O)CC[C@]4(C)[C@@]3(O)CC[C@]12C. The van der Waals surface area contributed by atoms with Crippen molar-refractivity contribution in [3.05, 3.63) is 22.9 Å². The molecule has 0 aromatic rings. The number of hydrogen-bond acceptors (Lipinski definition) is 5. The van der Waals surface area contributed by atoms with Crippen molar-refractivity contribution in [3.8, 4) is 0 Å². The number of carbonyl (C=O) groups is 3. The van der Waals surface area contributed by atoms with E-state index in [1.807, 2.05) is 6.92 Å². The van der Waals surface area contributed by atoms with E-state index in [0.29, 0.717) is 38.0 Å². The van der Waals surface area contributed by atoms with Crippen LogP contribution in [0.15, 0.2) is 22.9 Å². The van der Waals surface area contributed by atoms with Crippen molar-refractivity contribution in [3.63, 3.8) is 0 Å². The summed E-state index contributed by atoms with van der Waals surface area (Å²) in [6.07, 6.45) is 10.00.